The van der Waals surface area contributed by atoms with Crippen molar-refractivity contribution >= 4 is 0 Å². The van der Waals surface area contributed by atoms with Gasteiger partial charge in [-0.1, -0.05) is 6.92 Å². The molecule has 0 radical (unpaired) electrons. The number of nitrogens with zero attached hydrogens (tertiary/aromatic N) is 1. The minimum atomic E-state index is 0.318. The summed E-state index contributed by atoms with van der Waals surface area (Å²) in [7, 11) is 0. The van der Waals surface area contributed by atoms with Crippen molar-refractivity contribution in [1.29, 1.82) is 0 Å². The number of rotatable bonds is 1. The van der Waals surface area contributed by atoms with Crippen LogP contribution < -0.4 is 0 Å². The van der Waals surface area contributed by atoms with Gasteiger partial charge in [-0.15, -0.1) is 0 Å². The summed E-state index contributed by atoms with van der Waals surface area (Å²) < 4.78 is 5.40. The van der Waals surface area contributed by atoms with Crippen LogP contribution in [0.1, 0.15) is 18.6 Å². The van der Waals surface area contributed by atoms with Crippen LogP contribution in [0, 0.1) is 5.92 Å². The zero-order valence-corrected chi connectivity index (χ0v) is 6.53. The molecule has 2 heteroatoms. The quantitative estimate of drug-likeness (QED) is 0.607. The van der Waals surface area contributed by atoms with Gasteiger partial charge in [0.25, 0.3) is 0 Å². The monoisotopic (exact) mass is 149 g/mol. The van der Waals surface area contributed by atoms with Gasteiger partial charge in [0.1, 0.15) is 0 Å². The minimum Gasteiger partial charge on any atom is -0.373 e. The molecular formula is C9H11NO. The summed E-state index contributed by atoms with van der Waals surface area (Å²) in [6, 6.07) is 4.03. The maximum Gasteiger partial charge on any atom is 0.0873 e. The second-order valence-corrected chi connectivity index (χ2v) is 3.01. The molecule has 2 nitrogen and oxygen atoms in total. The summed E-state index contributed by atoms with van der Waals surface area (Å²) >= 11 is 0. The molecule has 11 heavy (non-hydrogen) atoms. The molecule has 2 heterocycles. The van der Waals surface area contributed by atoms with Crippen LogP contribution in [0.2, 0.25) is 0 Å². The Morgan fingerprint density at radius 1 is 1.45 bits per heavy atom. The first-order valence-electron chi connectivity index (χ1n) is 3.89. The fourth-order valence-electron chi connectivity index (χ4n) is 1.36. The molecule has 0 spiro atoms. The molecule has 0 amide bonds. The Morgan fingerprint density at radius 2 is 2.18 bits per heavy atom. The maximum atomic E-state index is 5.40. The summed E-state index contributed by atoms with van der Waals surface area (Å²) in [5.41, 5.74) is 1.25. The van der Waals surface area contributed by atoms with E-state index >= 15 is 0 Å². The Hall–Kier alpha value is -0.890. The van der Waals surface area contributed by atoms with E-state index < -0.39 is 0 Å². The fraction of sp³-hybridized carbons (Fsp3) is 0.444. The average molecular weight is 149 g/mol. The lowest BCUT2D eigenvalue weighted by molar-refractivity contribution is -0.109. The standard InChI is InChI=1S/C9H11NO/c1-7-6-11-9(7)8-2-4-10-5-3-8/h2-5,7,9H,6H2,1H3. The molecule has 0 N–H and O–H groups in total. The summed E-state index contributed by atoms with van der Waals surface area (Å²) in [5, 5.41) is 0. The topological polar surface area (TPSA) is 22.1 Å². The Bertz CT molecular complexity index is 235. The molecular weight excluding hydrogens is 138 g/mol. The molecule has 1 aromatic rings. The summed E-state index contributed by atoms with van der Waals surface area (Å²) in [4.78, 5) is 3.96. The number of hydrogen-bond acceptors (Lipinski definition) is 2. The van der Waals surface area contributed by atoms with E-state index in [0.717, 1.165) is 6.61 Å². The van der Waals surface area contributed by atoms with Gasteiger partial charge in [-0.2, -0.15) is 0 Å². The van der Waals surface area contributed by atoms with Crippen molar-refractivity contribution in [2.24, 2.45) is 5.92 Å². The van der Waals surface area contributed by atoms with E-state index in [2.05, 4.69) is 11.9 Å². The first-order chi connectivity index (χ1) is 5.38. The van der Waals surface area contributed by atoms with Crippen LogP contribution in [0.3, 0.4) is 0 Å². The Labute approximate surface area is 66.2 Å². The lowest BCUT2D eigenvalue weighted by atomic mass is 9.94. The largest absolute Gasteiger partial charge is 0.373 e. The van der Waals surface area contributed by atoms with Gasteiger partial charge >= 0.3 is 0 Å². The van der Waals surface area contributed by atoms with Crippen molar-refractivity contribution in [2.45, 2.75) is 13.0 Å². The van der Waals surface area contributed by atoms with Crippen molar-refractivity contribution in [3.8, 4) is 0 Å². The van der Waals surface area contributed by atoms with Crippen LogP contribution in [0.15, 0.2) is 24.5 Å². The SMILES string of the molecule is CC1COC1c1ccncc1. The maximum absolute atomic E-state index is 5.40. The predicted octanol–water partition coefficient (Wildman–Crippen LogP) is 1.79. The van der Waals surface area contributed by atoms with Gasteiger partial charge in [0.05, 0.1) is 12.7 Å². The van der Waals surface area contributed by atoms with Crippen molar-refractivity contribution < 1.29 is 4.74 Å². The molecule has 0 bridgehead atoms. The summed E-state index contributed by atoms with van der Waals surface area (Å²) in [5.74, 6) is 0.664. The van der Waals surface area contributed by atoms with Crippen LogP contribution >= 0.6 is 0 Å². The van der Waals surface area contributed by atoms with E-state index in [9.17, 15) is 0 Å². The predicted molar refractivity (Wildman–Crippen MR) is 42.1 cm³/mol. The molecule has 1 saturated heterocycles. The lowest BCUT2D eigenvalue weighted by Gasteiger charge is -2.34. The van der Waals surface area contributed by atoms with Crippen LogP contribution in [0.5, 0.6) is 0 Å². The summed E-state index contributed by atoms with van der Waals surface area (Å²) in [6.07, 6.45) is 3.94. The van der Waals surface area contributed by atoms with Gasteiger partial charge in [-0.3, -0.25) is 4.98 Å². The van der Waals surface area contributed by atoms with E-state index in [1.165, 1.54) is 5.56 Å². The van der Waals surface area contributed by atoms with Crippen molar-refractivity contribution in [1.82, 2.24) is 4.98 Å². The molecule has 2 rings (SSSR count). The summed E-state index contributed by atoms with van der Waals surface area (Å²) in [6.45, 7) is 3.10. The highest BCUT2D eigenvalue weighted by Gasteiger charge is 2.28. The molecule has 0 saturated carbocycles. The minimum absolute atomic E-state index is 0.318. The highest BCUT2D eigenvalue weighted by atomic mass is 16.5. The molecule has 0 aromatic carbocycles. The molecule has 1 aliphatic heterocycles. The zero-order valence-electron chi connectivity index (χ0n) is 6.53. The van der Waals surface area contributed by atoms with E-state index in [0.29, 0.717) is 12.0 Å². The number of hydrogen-bond donors (Lipinski definition) is 0. The van der Waals surface area contributed by atoms with E-state index in [4.69, 9.17) is 4.74 Å². The Balaban J connectivity index is 2.17. The Morgan fingerprint density at radius 3 is 2.64 bits per heavy atom. The van der Waals surface area contributed by atoms with Gasteiger partial charge in [-0.25, -0.2) is 0 Å². The third-order valence-electron chi connectivity index (χ3n) is 2.09. The molecule has 1 fully saturated rings. The van der Waals surface area contributed by atoms with Gasteiger partial charge in [0, 0.05) is 18.3 Å². The third-order valence-corrected chi connectivity index (χ3v) is 2.09. The van der Waals surface area contributed by atoms with E-state index in [1.54, 1.807) is 0 Å². The molecule has 58 valence electrons. The van der Waals surface area contributed by atoms with Crippen molar-refractivity contribution in [3.05, 3.63) is 30.1 Å². The Kier molecular flexibility index (Phi) is 1.62. The van der Waals surface area contributed by atoms with E-state index in [1.807, 2.05) is 24.5 Å². The first-order valence-corrected chi connectivity index (χ1v) is 3.89. The average Bonchev–Trinajstić information content (AvgIpc) is 2.04. The van der Waals surface area contributed by atoms with Crippen LogP contribution in [-0.4, -0.2) is 11.6 Å². The lowest BCUT2D eigenvalue weighted by Crippen LogP contribution is -2.29. The zero-order chi connectivity index (χ0) is 7.68. The van der Waals surface area contributed by atoms with Gasteiger partial charge < -0.3 is 4.74 Å². The molecule has 2 atom stereocenters. The molecule has 1 aliphatic rings. The number of aromatic nitrogens is 1. The molecule has 0 aliphatic carbocycles. The van der Waals surface area contributed by atoms with Crippen LogP contribution in [-0.2, 0) is 4.74 Å². The van der Waals surface area contributed by atoms with E-state index in [-0.39, 0.29) is 0 Å². The highest BCUT2D eigenvalue weighted by molar-refractivity contribution is 5.15. The second-order valence-electron chi connectivity index (χ2n) is 3.01. The normalized spacial score (nSPS) is 29.5. The highest BCUT2D eigenvalue weighted by Crippen LogP contribution is 2.34. The van der Waals surface area contributed by atoms with Gasteiger partial charge in [0.2, 0.25) is 0 Å². The third kappa shape index (κ3) is 1.14. The smallest absolute Gasteiger partial charge is 0.0873 e. The van der Waals surface area contributed by atoms with Crippen molar-refractivity contribution in [2.75, 3.05) is 6.61 Å². The van der Waals surface area contributed by atoms with Gasteiger partial charge in [-0.05, 0) is 17.7 Å². The number of pyridine rings is 1. The number of ether oxygens (including phenoxy) is 1. The van der Waals surface area contributed by atoms with Gasteiger partial charge in [0.15, 0.2) is 0 Å². The van der Waals surface area contributed by atoms with Crippen LogP contribution in [0.25, 0.3) is 0 Å². The fourth-order valence-corrected chi connectivity index (χ4v) is 1.36. The van der Waals surface area contributed by atoms with Crippen molar-refractivity contribution in [3.63, 3.8) is 0 Å². The first kappa shape index (κ1) is 6.80. The molecule has 2 unspecified atom stereocenters. The molecule has 1 aromatic heterocycles. The van der Waals surface area contributed by atoms with Crippen LogP contribution in [0.4, 0.5) is 0 Å². The second kappa shape index (κ2) is 2.62.